The van der Waals surface area contributed by atoms with Crippen molar-refractivity contribution in [2.45, 2.75) is 13.0 Å². The first-order valence-corrected chi connectivity index (χ1v) is 6.46. The van der Waals surface area contributed by atoms with Crippen LogP contribution in [-0.2, 0) is 6.61 Å². The maximum absolute atomic E-state index is 13.5. The quantitative estimate of drug-likeness (QED) is 0.875. The number of ether oxygens (including phenoxy) is 1. The van der Waals surface area contributed by atoms with Crippen LogP contribution in [0.4, 0.5) is 8.78 Å². The van der Waals surface area contributed by atoms with Crippen LogP contribution in [0.1, 0.15) is 17.5 Å². The molecule has 0 saturated heterocycles. The van der Waals surface area contributed by atoms with Crippen LogP contribution in [0.25, 0.3) is 0 Å². The Hall–Kier alpha value is -2.38. The molecule has 0 amide bonds. The molecule has 0 spiro atoms. The molecule has 0 unspecified atom stereocenters. The number of hydrogen-bond acceptors (Lipinski definition) is 2. The van der Waals surface area contributed by atoms with Gasteiger partial charge in [0.15, 0.2) is 11.6 Å². The Morgan fingerprint density at radius 3 is 2.71 bits per heavy atom. The van der Waals surface area contributed by atoms with E-state index in [2.05, 4.69) is 11.8 Å². The molecule has 1 N–H and O–H groups in total. The van der Waals surface area contributed by atoms with Crippen LogP contribution in [-0.4, -0.2) is 11.7 Å². The van der Waals surface area contributed by atoms with E-state index in [1.54, 1.807) is 24.3 Å². The van der Waals surface area contributed by atoms with Gasteiger partial charge in [0, 0.05) is 17.5 Å². The lowest BCUT2D eigenvalue weighted by atomic mass is 10.2. The first-order chi connectivity index (χ1) is 10.2. The molecule has 0 bridgehead atoms. The summed E-state index contributed by atoms with van der Waals surface area (Å²) in [5.41, 5.74) is 0.896. The van der Waals surface area contributed by atoms with Gasteiger partial charge in [0.05, 0.1) is 6.61 Å². The summed E-state index contributed by atoms with van der Waals surface area (Å²) in [6.07, 6.45) is 0.402. The van der Waals surface area contributed by atoms with E-state index in [0.717, 1.165) is 11.6 Å². The lowest BCUT2D eigenvalue weighted by molar-refractivity contribution is 0.297. The Labute approximate surface area is 122 Å². The molecule has 0 heterocycles. The first-order valence-electron chi connectivity index (χ1n) is 6.46. The van der Waals surface area contributed by atoms with Crippen molar-refractivity contribution in [2.24, 2.45) is 0 Å². The van der Waals surface area contributed by atoms with Gasteiger partial charge in [0.2, 0.25) is 0 Å². The summed E-state index contributed by atoms with van der Waals surface area (Å²) in [7, 11) is 0. The molecule has 0 radical (unpaired) electrons. The zero-order valence-corrected chi connectivity index (χ0v) is 11.3. The fraction of sp³-hybridized carbons (Fsp3) is 0.176. The average Bonchev–Trinajstić information content (AvgIpc) is 2.50. The Morgan fingerprint density at radius 1 is 1.10 bits per heavy atom. The van der Waals surface area contributed by atoms with Crippen molar-refractivity contribution in [1.29, 1.82) is 0 Å². The van der Waals surface area contributed by atoms with Gasteiger partial charge in [-0.1, -0.05) is 30.0 Å². The summed E-state index contributed by atoms with van der Waals surface area (Å²) >= 11 is 0. The number of benzene rings is 2. The Kier molecular flexibility index (Phi) is 5.30. The normalized spacial score (nSPS) is 9.86. The molecule has 0 aliphatic carbocycles. The minimum atomic E-state index is -0.892. The Bertz CT molecular complexity index is 672. The molecule has 0 aliphatic rings. The van der Waals surface area contributed by atoms with Gasteiger partial charge >= 0.3 is 0 Å². The molecule has 0 atom stereocenters. The Balaban J connectivity index is 2.05. The van der Waals surface area contributed by atoms with E-state index in [9.17, 15) is 8.78 Å². The summed E-state index contributed by atoms with van der Waals surface area (Å²) in [5.74, 6) is 4.43. The maximum atomic E-state index is 13.5. The highest BCUT2D eigenvalue weighted by atomic mass is 19.2. The standard InChI is InChI=1S/C17H14F2O2/c18-16-9-4-7-14(17(16)19)12-21-15-8-3-6-13(11-15)5-1-2-10-20/h3-4,6-9,11,20H,2,10,12H2. The van der Waals surface area contributed by atoms with E-state index in [1.165, 1.54) is 12.1 Å². The molecule has 2 rings (SSSR count). The predicted molar refractivity (Wildman–Crippen MR) is 75.7 cm³/mol. The van der Waals surface area contributed by atoms with E-state index in [0.29, 0.717) is 12.2 Å². The van der Waals surface area contributed by atoms with Crippen molar-refractivity contribution < 1.29 is 18.6 Å². The molecule has 4 heteroatoms. The summed E-state index contributed by atoms with van der Waals surface area (Å²) in [4.78, 5) is 0. The molecule has 2 nitrogen and oxygen atoms in total. The lowest BCUT2D eigenvalue weighted by Crippen LogP contribution is -2.00. The van der Waals surface area contributed by atoms with Gasteiger partial charge in [0.1, 0.15) is 12.4 Å². The number of rotatable bonds is 4. The molecule has 2 aromatic rings. The molecule has 0 fully saturated rings. The van der Waals surface area contributed by atoms with Crippen LogP contribution in [0, 0.1) is 23.5 Å². The summed E-state index contributed by atoms with van der Waals surface area (Å²) < 4.78 is 32.0. The van der Waals surface area contributed by atoms with Gasteiger partial charge in [-0.15, -0.1) is 0 Å². The SMILES string of the molecule is OCCC#Cc1cccc(OCc2cccc(F)c2F)c1. The van der Waals surface area contributed by atoms with Crippen molar-refractivity contribution >= 4 is 0 Å². The zero-order valence-electron chi connectivity index (χ0n) is 11.3. The second-order valence-electron chi connectivity index (χ2n) is 4.30. The van der Waals surface area contributed by atoms with Gasteiger partial charge in [-0.3, -0.25) is 0 Å². The maximum Gasteiger partial charge on any atom is 0.165 e. The average molecular weight is 288 g/mol. The summed E-state index contributed by atoms with van der Waals surface area (Å²) in [6.45, 7) is -0.0425. The second-order valence-corrected chi connectivity index (χ2v) is 4.30. The van der Waals surface area contributed by atoms with Crippen molar-refractivity contribution in [2.75, 3.05) is 6.61 Å². The van der Waals surface area contributed by atoms with E-state index < -0.39 is 11.6 Å². The van der Waals surface area contributed by atoms with Crippen LogP contribution in [0.3, 0.4) is 0 Å². The van der Waals surface area contributed by atoms with Gasteiger partial charge in [-0.25, -0.2) is 8.78 Å². The van der Waals surface area contributed by atoms with E-state index in [1.807, 2.05) is 0 Å². The molecular formula is C17H14F2O2. The lowest BCUT2D eigenvalue weighted by Gasteiger charge is -2.07. The third-order valence-electron chi connectivity index (χ3n) is 2.73. The number of aliphatic hydroxyl groups is 1. The highest BCUT2D eigenvalue weighted by Crippen LogP contribution is 2.17. The minimum absolute atomic E-state index is 0.0159. The first kappa shape index (κ1) is 15.0. The van der Waals surface area contributed by atoms with Crippen LogP contribution in [0.2, 0.25) is 0 Å². The monoisotopic (exact) mass is 288 g/mol. The van der Waals surface area contributed by atoms with E-state index >= 15 is 0 Å². The molecule has 108 valence electrons. The second kappa shape index (κ2) is 7.41. The van der Waals surface area contributed by atoms with Gasteiger partial charge in [0.25, 0.3) is 0 Å². The molecule has 2 aromatic carbocycles. The van der Waals surface area contributed by atoms with E-state index in [4.69, 9.17) is 9.84 Å². The van der Waals surface area contributed by atoms with Crippen LogP contribution in [0.15, 0.2) is 42.5 Å². The predicted octanol–water partition coefficient (Wildman–Crippen LogP) is 3.28. The van der Waals surface area contributed by atoms with Gasteiger partial charge in [-0.05, 0) is 24.3 Å². The van der Waals surface area contributed by atoms with Crippen LogP contribution < -0.4 is 4.74 Å². The molecule has 21 heavy (non-hydrogen) atoms. The largest absolute Gasteiger partial charge is 0.489 e. The van der Waals surface area contributed by atoms with Gasteiger partial charge < -0.3 is 9.84 Å². The molecule has 0 aliphatic heterocycles. The van der Waals surface area contributed by atoms with Crippen molar-refractivity contribution in [1.82, 2.24) is 0 Å². The Morgan fingerprint density at radius 2 is 1.90 bits per heavy atom. The van der Waals surface area contributed by atoms with Crippen LogP contribution in [0.5, 0.6) is 5.75 Å². The fourth-order valence-corrected chi connectivity index (χ4v) is 1.71. The fourth-order valence-electron chi connectivity index (χ4n) is 1.71. The van der Waals surface area contributed by atoms with E-state index in [-0.39, 0.29) is 18.8 Å². The number of halogens is 2. The number of hydrogen-bond donors (Lipinski definition) is 1. The summed E-state index contributed by atoms with van der Waals surface area (Å²) in [6, 6.07) is 11.0. The third-order valence-corrected chi connectivity index (χ3v) is 2.73. The smallest absolute Gasteiger partial charge is 0.165 e. The van der Waals surface area contributed by atoms with Crippen molar-refractivity contribution in [3.05, 3.63) is 65.2 Å². The number of aliphatic hydroxyl groups excluding tert-OH is 1. The molecular weight excluding hydrogens is 274 g/mol. The highest BCUT2D eigenvalue weighted by molar-refractivity contribution is 5.39. The molecule has 0 aromatic heterocycles. The van der Waals surface area contributed by atoms with Crippen molar-refractivity contribution in [3.8, 4) is 17.6 Å². The molecule has 0 saturated carbocycles. The summed E-state index contributed by atoms with van der Waals surface area (Å²) in [5, 5.41) is 8.66. The minimum Gasteiger partial charge on any atom is -0.489 e. The highest BCUT2D eigenvalue weighted by Gasteiger charge is 2.07. The topological polar surface area (TPSA) is 29.5 Å². The zero-order chi connectivity index (χ0) is 15.1. The third kappa shape index (κ3) is 4.30. The van der Waals surface area contributed by atoms with Crippen molar-refractivity contribution in [3.63, 3.8) is 0 Å². The van der Waals surface area contributed by atoms with Crippen LogP contribution >= 0.6 is 0 Å². The van der Waals surface area contributed by atoms with Gasteiger partial charge in [-0.2, -0.15) is 0 Å².